The Morgan fingerprint density at radius 3 is 2.10 bits per heavy atom. The molecule has 0 aromatic heterocycles. The van der Waals surface area contributed by atoms with Crippen molar-refractivity contribution in [3.8, 4) is 0 Å². The Morgan fingerprint density at radius 2 is 1.65 bits per heavy atom. The highest BCUT2D eigenvalue weighted by molar-refractivity contribution is 5.93. The third kappa shape index (κ3) is 2.29. The van der Waals surface area contributed by atoms with Gasteiger partial charge in [-0.05, 0) is 43.9 Å². The summed E-state index contributed by atoms with van der Waals surface area (Å²) in [4.78, 5) is 25.0. The van der Waals surface area contributed by atoms with Crippen molar-refractivity contribution in [2.45, 2.75) is 71.3 Å². The summed E-state index contributed by atoms with van der Waals surface area (Å²) in [5.74, 6) is 1.58. The minimum atomic E-state index is -0.225. The van der Waals surface area contributed by atoms with Crippen LogP contribution in [-0.4, -0.2) is 17.7 Å². The third-order valence-corrected chi connectivity index (χ3v) is 5.80. The summed E-state index contributed by atoms with van der Waals surface area (Å²) in [6.45, 7) is 3.90. The average Bonchev–Trinajstić information content (AvgIpc) is 2.32. The highest BCUT2D eigenvalue weighted by Crippen LogP contribution is 2.64. The van der Waals surface area contributed by atoms with Crippen molar-refractivity contribution in [2.24, 2.45) is 23.2 Å². The van der Waals surface area contributed by atoms with Crippen LogP contribution < -0.4 is 5.32 Å². The molecular weight excluding hydrogens is 250 g/mol. The maximum atomic E-state index is 12.5. The Bertz CT molecular complexity index is 390. The highest BCUT2D eigenvalue weighted by atomic mass is 16.2. The minimum absolute atomic E-state index is 0.00950. The van der Waals surface area contributed by atoms with E-state index in [0.29, 0.717) is 5.92 Å². The van der Waals surface area contributed by atoms with E-state index in [-0.39, 0.29) is 29.1 Å². The Morgan fingerprint density at radius 1 is 1.05 bits per heavy atom. The lowest BCUT2D eigenvalue weighted by Crippen LogP contribution is -2.63. The Labute approximate surface area is 121 Å². The fourth-order valence-electron chi connectivity index (χ4n) is 4.30. The summed E-state index contributed by atoms with van der Waals surface area (Å²) >= 11 is 0. The Kier molecular flexibility index (Phi) is 3.64. The zero-order chi connectivity index (χ0) is 14.3. The van der Waals surface area contributed by atoms with E-state index in [9.17, 15) is 9.59 Å². The van der Waals surface area contributed by atoms with Crippen molar-refractivity contribution in [1.29, 1.82) is 0 Å². The van der Waals surface area contributed by atoms with E-state index in [4.69, 9.17) is 0 Å². The molecular formula is C17H27NO2. The van der Waals surface area contributed by atoms with E-state index in [1.165, 1.54) is 19.3 Å². The molecule has 3 nitrogen and oxygen atoms in total. The number of hydrogen-bond donors (Lipinski definition) is 1. The van der Waals surface area contributed by atoms with Crippen LogP contribution >= 0.6 is 0 Å². The van der Waals surface area contributed by atoms with Crippen LogP contribution in [0.25, 0.3) is 0 Å². The number of carbonyl (C=O) groups is 2. The lowest BCUT2D eigenvalue weighted by atomic mass is 9.44. The predicted octanol–water partition coefficient (Wildman–Crippen LogP) is 3.08. The summed E-state index contributed by atoms with van der Waals surface area (Å²) in [5.41, 5.74) is -0.0746. The molecule has 20 heavy (non-hydrogen) atoms. The maximum absolute atomic E-state index is 12.5. The summed E-state index contributed by atoms with van der Waals surface area (Å²) in [5, 5.41) is 3.16. The molecule has 1 N–H and O–H groups in total. The predicted molar refractivity (Wildman–Crippen MR) is 78.1 cm³/mol. The molecule has 1 amide bonds. The SMILES string of the molecule is CC(C)C(=O)[C@H](NC(=O)C12CC(C1)C2)C1CCCCC1. The minimum Gasteiger partial charge on any atom is -0.346 e. The molecule has 4 aliphatic rings. The average molecular weight is 277 g/mol. The first-order valence-electron chi connectivity index (χ1n) is 8.36. The van der Waals surface area contributed by atoms with Gasteiger partial charge in [0.1, 0.15) is 0 Å². The second kappa shape index (κ2) is 5.16. The zero-order valence-electron chi connectivity index (χ0n) is 12.8. The maximum Gasteiger partial charge on any atom is 0.226 e. The normalized spacial score (nSPS) is 34.0. The number of rotatable bonds is 5. The van der Waals surface area contributed by atoms with Crippen LogP contribution in [0, 0.1) is 23.2 Å². The van der Waals surface area contributed by atoms with E-state index < -0.39 is 0 Å². The molecule has 3 heteroatoms. The molecule has 1 atom stereocenters. The van der Waals surface area contributed by atoms with Crippen molar-refractivity contribution in [3.05, 3.63) is 0 Å². The monoisotopic (exact) mass is 277 g/mol. The molecule has 0 unspecified atom stereocenters. The van der Waals surface area contributed by atoms with Crippen molar-refractivity contribution >= 4 is 11.7 Å². The quantitative estimate of drug-likeness (QED) is 0.839. The number of ketones is 1. The number of carbonyl (C=O) groups excluding carboxylic acids is 2. The molecule has 0 aromatic rings. The van der Waals surface area contributed by atoms with Gasteiger partial charge < -0.3 is 5.32 Å². The van der Waals surface area contributed by atoms with Crippen molar-refractivity contribution in [3.63, 3.8) is 0 Å². The van der Waals surface area contributed by atoms with E-state index in [2.05, 4.69) is 5.32 Å². The molecule has 4 rings (SSSR count). The van der Waals surface area contributed by atoms with Crippen molar-refractivity contribution in [1.82, 2.24) is 5.32 Å². The Balaban J connectivity index is 1.67. The standard InChI is InChI=1S/C17H27NO2/c1-11(2)15(19)14(13-6-4-3-5-7-13)18-16(20)17-8-12(9-17)10-17/h11-14H,3-10H2,1-2H3,(H,18,20)/t12?,14-,17?/m1/s1. The summed E-state index contributed by atoms with van der Waals surface area (Å²) in [6.07, 6.45) is 9.06. The topological polar surface area (TPSA) is 46.2 Å². The molecule has 0 radical (unpaired) electrons. The van der Waals surface area contributed by atoms with Crippen LogP contribution in [0.4, 0.5) is 0 Å². The van der Waals surface area contributed by atoms with Crippen LogP contribution in [0.1, 0.15) is 65.2 Å². The molecule has 112 valence electrons. The molecule has 0 heterocycles. The molecule has 0 aliphatic heterocycles. The van der Waals surface area contributed by atoms with Gasteiger partial charge in [0, 0.05) is 11.3 Å². The molecule has 0 saturated heterocycles. The Hall–Kier alpha value is -0.860. The molecule has 0 spiro atoms. The van der Waals surface area contributed by atoms with Crippen molar-refractivity contribution < 1.29 is 9.59 Å². The van der Waals surface area contributed by atoms with E-state index >= 15 is 0 Å². The first-order chi connectivity index (χ1) is 9.52. The molecule has 2 bridgehead atoms. The molecule has 4 fully saturated rings. The lowest BCUT2D eigenvalue weighted by molar-refractivity contribution is -0.167. The number of Topliss-reactive ketones (excluding diaryl/α,β-unsaturated/α-hetero) is 1. The highest BCUT2D eigenvalue weighted by Gasteiger charge is 2.61. The van der Waals surface area contributed by atoms with Gasteiger partial charge in [-0.15, -0.1) is 0 Å². The van der Waals surface area contributed by atoms with Gasteiger partial charge in [0.2, 0.25) is 5.91 Å². The largest absolute Gasteiger partial charge is 0.346 e. The summed E-state index contributed by atoms with van der Waals surface area (Å²) in [7, 11) is 0. The lowest BCUT2D eigenvalue weighted by Gasteiger charge is -2.60. The van der Waals surface area contributed by atoms with Gasteiger partial charge in [-0.25, -0.2) is 0 Å². The van der Waals surface area contributed by atoms with Crippen molar-refractivity contribution in [2.75, 3.05) is 0 Å². The van der Waals surface area contributed by atoms with E-state index in [1.807, 2.05) is 13.8 Å². The fraction of sp³-hybridized carbons (Fsp3) is 0.882. The van der Waals surface area contributed by atoms with Crippen LogP contribution in [0.15, 0.2) is 0 Å². The fourth-order valence-corrected chi connectivity index (χ4v) is 4.30. The van der Waals surface area contributed by atoms with Gasteiger partial charge >= 0.3 is 0 Å². The first-order valence-corrected chi connectivity index (χ1v) is 8.36. The first kappa shape index (κ1) is 14.1. The van der Waals surface area contributed by atoms with Crippen LogP contribution in [-0.2, 0) is 9.59 Å². The summed E-state index contributed by atoms with van der Waals surface area (Å²) in [6, 6.07) is -0.225. The zero-order valence-corrected chi connectivity index (χ0v) is 12.8. The molecule has 0 aromatic carbocycles. The van der Waals surface area contributed by atoms with Crippen LogP contribution in [0.3, 0.4) is 0 Å². The van der Waals surface area contributed by atoms with Gasteiger partial charge in [0.05, 0.1) is 6.04 Å². The molecule has 4 saturated carbocycles. The molecule has 4 aliphatic carbocycles. The number of nitrogens with one attached hydrogen (secondary N) is 1. The van der Waals surface area contributed by atoms with Gasteiger partial charge in [-0.3, -0.25) is 9.59 Å². The second-order valence-corrected chi connectivity index (χ2v) is 7.67. The third-order valence-electron chi connectivity index (χ3n) is 5.80. The smallest absolute Gasteiger partial charge is 0.226 e. The van der Waals surface area contributed by atoms with Gasteiger partial charge in [-0.2, -0.15) is 0 Å². The second-order valence-electron chi connectivity index (χ2n) is 7.67. The van der Waals surface area contributed by atoms with Gasteiger partial charge in [0.15, 0.2) is 5.78 Å². The van der Waals surface area contributed by atoms with E-state index in [1.54, 1.807) is 0 Å². The van der Waals surface area contributed by atoms with Crippen LogP contribution in [0.2, 0.25) is 0 Å². The summed E-state index contributed by atoms with van der Waals surface area (Å²) < 4.78 is 0. The van der Waals surface area contributed by atoms with E-state index in [0.717, 1.165) is 38.0 Å². The number of amides is 1. The van der Waals surface area contributed by atoms with Crippen LogP contribution in [0.5, 0.6) is 0 Å². The number of hydrogen-bond acceptors (Lipinski definition) is 2. The van der Waals surface area contributed by atoms with Gasteiger partial charge in [0.25, 0.3) is 0 Å². The van der Waals surface area contributed by atoms with Gasteiger partial charge in [-0.1, -0.05) is 33.1 Å².